The molecule has 4 heterocycles. The summed E-state index contributed by atoms with van der Waals surface area (Å²) in [6.45, 7) is 4.61. The first-order chi connectivity index (χ1) is 18.4. The third-order valence-corrected chi connectivity index (χ3v) is 8.52. The Morgan fingerprint density at radius 3 is 2.63 bits per heavy atom. The molecule has 0 aliphatic carbocycles. The molecule has 198 valence electrons. The third-order valence-electron chi connectivity index (χ3n) is 7.15. The van der Waals surface area contributed by atoms with Gasteiger partial charge in [-0.15, -0.1) is 0 Å². The predicted molar refractivity (Wildman–Crippen MR) is 158 cm³/mol. The van der Waals surface area contributed by atoms with Crippen molar-refractivity contribution in [2.75, 3.05) is 38.3 Å². The van der Waals surface area contributed by atoms with Crippen LogP contribution >= 0.6 is 24.0 Å². The highest BCUT2D eigenvalue weighted by molar-refractivity contribution is 8.26. The fourth-order valence-corrected chi connectivity index (χ4v) is 6.39. The lowest BCUT2D eigenvalue weighted by molar-refractivity contribution is -0.122. The first-order valence-corrected chi connectivity index (χ1v) is 14.2. The Hall–Kier alpha value is -3.01. The number of ether oxygens (including phenoxy) is 1. The van der Waals surface area contributed by atoms with Crippen LogP contribution in [0.3, 0.4) is 0 Å². The lowest BCUT2D eigenvalue weighted by Gasteiger charge is -2.33. The average molecular weight is 549 g/mol. The smallest absolute Gasteiger partial charge is 0.267 e. The van der Waals surface area contributed by atoms with Crippen LogP contribution < -0.4 is 10.5 Å². The minimum absolute atomic E-state index is 0.169. The highest BCUT2D eigenvalue weighted by Crippen LogP contribution is 2.34. The van der Waals surface area contributed by atoms with Gasteiger partial charge in [-0.25, -0.2) is 4.98 Å². The van der Waals surface area contributed by atoms with Crippen molar-refractivity contribution in [3.63, 3.8) is 0 Å². The van der Waals surface area contributed by atoms with E-state index in [1.807, 2.05) is 25.1 Å². The van der Waals surface area contributed by atoms with E-state index in [-0.39, 0.29) is 11.5 Å². The first-order valence-electron chi connectivity index (χ1n) is 13.0. The van der Waals surface area contributed by atoms with Crippen LogP contribution in [0.15, 0.2) is 58.4 Å². The Bertz CT molecular complexity index is 1430. The summed E-state index contributed by atoms with van der Waals surface area (Å²) in [7, 11) is 1.64. The number of benzene rings is 1. The molecule has 9 heteroatoms. The van der Waals surface area contributed by atoms with Gasteiger partial charge in [-0.05, 0) is 61.8 Å². The van der Waals surface area contributed by atoms with Gasteiger partial charge < -0.3 is 9.64 Å². The van der Waals surface area contributed by atoms with Crippen molar-refractivity contribution in [2.24, 2.45) is 5.92 Å². The minimum Gasteiger partial charge on any atom is -0.385 e. The van der Waals surface area contributed by atoms with E-state index in [1.54, 1.807) is 28.7 Å². The SMILES string of the molecule is COCCCN1C(=O)/C(=C/c2c(N3CCC(Cc4ccccc4)CC3)nc3ccc(C)cn3c2=O)SC1=S. The maximum Gasteiger partial charge on any atom is 0.267 e. The van der Waals surface area contributed by atoms with Gasteiger partial charge in [0.05, 0.1) is 10.5 Å². The molecule has 7 nitrogen and oxygen atoms in total. The van der Waals surface area contributed by atoms with E-state index >= 15 is 0 Å². The maximum atomic E-state index is 13.8. The second-order valence-electron chi connectivity index (χ2n) is 9.89. The lowest BCUT2D eigenvalue weighted by Crippen LogP contribution is -2.37. The van der Waals surface area contributed by atoms with E-state index in [0.717, 1.165) is 37.9 Å². The molecule has 3 aromatic rings. The zero-order chi connectivity index (χ0) is 26.6. The van der Waals surface area contributed by atoms with E-state index in [0.29, 0.717) is 51.7 Å². The Balaban J connectivity index is 1.45. The van der Waals surface area contributed by atoms with Crippen LogP contribution in [0.25, 0.3) is 11.7 Å². The largest absolute Gasteiger partial charge is 0.385 e. The quantitative estimate of drug-likeness (QED) is 0.230. The number of fused-ring (bicyclic) bond motifs is 1. The topological polar surface area (TPSA) is 67.2 Å². The molecule has 38 heavy (non-hydrogen) atoms. The highest BCUT2D eigenvalue weighted by atomic mass is 32.2. The standard InChI is InChI=1S/C29H32N4O3S2/c1-20-9-10-25-30-26(31-14-11-22(12-15-31)17-21-7-4-3-5-8-21)23(27(34)33(25)19-20)18-24-28(35)32(29(37)38-24)13-6-16-36-2/h3-5,7-10,18-19,22H,6,11-17H2,1-2H3/b24-18-. The first kappa shape index (κ1) is 26.6. The van der Waals surface area contributed by atoms with E-state index in [1.165, 1.54) is 17.3 Å². The molecular weight excluding hydrogens is 516 g/mol. The third kappa shape index (κ3) is 5.70. The second kappa shape index (κ2) is 11.8. The minimum atomic E-state index is -0.176. The fourth-order valence-electron chi connectivity index (χ4n) is 5.10. The molecule has 5 rings (SSSR count). The summed E-state index contributed by atoms with van der Waals surface area (Å²) in [4.78, 5) is 36.2. The van der Waals surface area contributed by atoms with Gasteiger partial charge in [0.1, 0.15) is 15.8 Å². The monoisotopic (exact) mass is 548 g/mol. The summed E-state index contributed by atoms with van der Waals surface area (Å²) in [5, 5.41) is 0. The molecule has 1 amide bonds. The van der Waals surface area contributed by atoms with Gasteiger partial charge in [0.25, 0.3) is 11.5 Å². The summed E-state index contributed by atoms with van der Waals surface area (Å²) in [5.74, 6) is 1.06. The Labute approximate surface area is 232 Å². The van der Waals surface area contributed by atoms with Crippen molar-refractivity contribution in [1.82, 2.24) is 14.3 Å². The van der Waals surface area contributed by atoms with Crippen molar-refractivity contribution in [3.8, 4) is 0 Å². The predicted octanol–water partition coefficient (Wildman–Crippen LogP) is 4.70. The van der Waals surface area contributed by atoms with Crippen molar-refractivity contribution >= 4 is 51.7 Å². The molecule has 0 saturated carbocycles. The van der Waals surface area contributed by atoms with Crippen LogP contribution in [0.2, 0.25) is 0 Å². The molecule has 0 bridgehead atoms. The van der Waals surface area contributed by atoms with Crippen LogP contribution in [-0.4, -0.2) is 57.9 Å². The Morgan fingerprint density at radius 2 is 1.89 bits per heavy atom. The van der Waals surface area contributed by atoms with Gasteiger partial charge in [0.2, 0.25) is 0 Å². The molecule has 0 radical (unpaired) electrons. The van der Waals surface area contributed by atoms with E-state index < -0.39 is 0 Å². The fraction of sp³-hybridized carbons (Fsp3) is 0.379. The number of carbonyl (C=O) groups is 1. The maximum absolute atomic E-state index is 13.8. The number of rotatable bonds is 8. The number of methoxy groups -OCH3 is 1. The number of carbonyl (C=O) groups excluding carboxylic acids is 1. The number of aryl methyl sites for hydroxylation is 1. The normalized spacial score (nSPS) is 17.8. The summed E-state index contributed by atoms with van der Waals surface area (Å²) < 4.78 is 7.20. The van der Waals surface area contributed by atoms with Crippen LogP contribution in [0.5, 0.6) is 0 Å². The summed E-state index contributed by atoms with van der Waals surface area (Å²) in [6.07, 6.45) is 7.29. The van der Waals surface area contributed by atoms with Gasteiger partial charge in [-0.1, -0.05) is 60.4 Å². The summed E-state index contributed by atoms with van der Waals surface area (Å²) >= 11 is 6.73. The number of anilines is 1. The number of thioether (sulfide) groups is 1. The zero-order valence-electron chi connectivity index (χ0n) is 21.8. The van der Waals surface area contributed by atoms with Gasteiger partial charge >= 0.3 is 0 Å². The molecule has 1 aromatic carbocycles. The molecule has 2 fully saturated rings. The number of aromatic nitrogens is 2. The molecule has 2 aliphatic rings. The number of hydrogen-bond donors (Lipinski definition) is 0. The number of hydrogen-bond acceptors (Lipinski definition) is 7. The van der Waals surface area contributed by atoms with E-state index in [4.69, 9.17) is 21.9 Å². The van der Waals surface area contributed by atoms with Crippen LogP contribution in [0.4, 0.5) is 5.82 Å². The second-order valence-corrected chi connectivity index (χ2v) is 11.6. The van der Waals surface area contributed by atoms with Crippen molar-refractivity contribution in [2.45, 2.75) is 32.6 Å². The molecular formula is C29H32N4O3S2. The molecule has 2 aromatic heterocycles. The highest BCUT2D eigenvalue weighted by Gasteiger charge is 2.33. The molecule has 0 atom stereocenters. The van der Waals surface area contributed by atoms with Crippen LogP contribution in [0.1, 0.15) is 36.0 Å². The van der Waals surface area contributed by atoms with Crippen molar-refractivity contribution in [3.05, 3.63) is 80.6 Å². The Kier molecular flexibility index (Phi) is 8.26. The Morgan fingerprint density at radius 1 is 1.13 bits per heavy atom. The number of nitrogens with zero attached hydrogens (tertiary/aromatic N) is 4. The summed E-state index contributed by atoms with van der Waals surface area (Å²) in [6, 6.07) is 14.4. The number of thiocarbonyl (C=S) groups is 1. The van der Waals surface area contributed by atoms with Crippen LogP contribution in [0, 0.1) is 12.8 Å². The van der Waals surface area contributed by atoms with Gasteiger partial charge in [-0.2, -0.15) is 0 Å². The molecule has 0 N–H and O–H groups in total. The lowest BCUT2D eigenvalue weighted by atomic mass is 9.90. The number of pyridine rings is 1. The average Bonchev–Trinajstić information content (AvgIpc) is 3.19. The molecule has 0 unspecified atom stereocenters. The zero-order valence-corrected chi connectivity index (χ0v) is 23.4. The van der Waals surface area contributed by atoms with Crippen molar-refractivity contribution in [1.29, 1.82) is 0 Å². The van der Waals surface area contributed by atoms with Gasteiger partial charge in [-0.3, -0.25) is 18.9 Å². The number of amides is 1. The van der Waals surface area contributed by atoms with Crippen LogP contribution in [-0.2, 0) is 16.0 Å². The van der Waals surface area contributed by atoms with E-state index in [2.05, 4.69) is 29.2 Å². The number of piperidine rings is 1. The van der Waals surface area contributed by atoms with Crippen molar-refractivity contribution < 1.29 is 9.53 Å². The molecule has 0 spiro atoms. The van der Waals surface area contributed by atoms with Gasteiger partial charge in [0, 0.05) is 39.5 Å². The molecule has 2 aliphatic heterocycles. The summed E-state index contributed by atoms with van der Waals surface area (Å²) in [5.41, 5.74) is 3.19. The van der Waals surface area contributed by atoms with Gasteiger partial charge in [0.15, 0.2) is 0 Å². The van der Waals surface area contributed by atoms with E-state index in [9.17, 15) is 9.59 Å². The molecule has 2 saturated heterocycles.